The van der Waals surface area contributed by atoms with E-state index < -0.39 is 5.54 Å². The van der Waals surface area contributed by atoms with Gasteiger partial charge in [-0.2, -0.15) is 4.98 Å². The predicted octanol–water partition coefficient (Wildman–Crippen LogP) is 3.01. The molecule has 0 spiro atoms. The van der Waals surface area contributed by atoms with Gasteiger partial charge in [0.25, 0.3) is 0 Å². The average molecular weight is 301 g/mol. The lowest BCUT2D eigenvalue weighted by molar-refractivity contribution is -0.118. The highest BCUT2D eigenvalue weighted by Gasteiger charge is 2.42. The minimum Gasteiger partial charge on any atom is -0.340 e. The molecule has 5 nitrogen and oxygen atoms in total. The molecule has 22 heavy (non-hydrogen) atoms. The third-order valence-corrected chi connectivity index (χ3v) is 5.17. The molecule has 0 saturated heterocycles. The number of carbonyl (C=O) groups is 1. The topological polar surface area (TPSA) is 68.0 Å². The molecular formula is C17H23N3O2. The average Bonchev–Trinajstić information content (AvgIpc) is 3.41. The Morgan fingerprint density at radius 1 is 1.23 bits per heavy atom. The second-order valence-corrected chi connectivity index (χ2v) is 7.11. The molecule has 0 aromatic carbocycles. The predicted molar refractivity (Wildman–Crippen MR) is 80.9 cm³/mol. The number of amides is 1. The highest BCUT2D eigenvalue weighted by molar-refractivity contribution is 5.89. The van der Waals surface area contributed by atoms with Crippen molar-refractivity contribution in [2.45, 2.75) is 63.8 Å². The van der Waals surface area contributed by atoms with Crippen LogP contribution in [-0.4, -0.2) is 16.0 Å². The van der Waals surface area contributed by atoms with Gasteiger partial charge in [0.1, 0.15) is 5.54 Å². The van der Waals surface area contributed by atoms with Crippen LogP contribution < -0.4 is 5.32 Å². The van der Waals surface area contributed by atoms with Crippen molar-refractivity contribution in [3.63, 3.8) is 0 Å². The van der Waals surface area contributed by atoms with E-state index in [4.69, 9.17) is 4.52 Å². The van der Waals surface area contributed by atoms with Crippen LogP contribution in [0.5, 0.6) is 0 Å². The van der Waals surface area contributed by atoms with E-state index in [9.17, 15) is 4.79 Å². The zero-order valence-corrected chi connectivity index (χ0v) is 13.1. The van der Waals surface area contributed by atoms with E-state index in [1.807, 2.05) is 6.08 Å². The van der Waals surface area contributed by atoms with Gasteiger partial charge in [-0.3, -0.25) is 4.79 Å². The zero-order valence-electron chi connectivity index (χ0n) is 13.1. The van der Waals surface area contributed by atoms with Gasteiger partial charge >= 0.3 is 0 Å². The number of rotatable bonds is 5. The van der Waals surface area contributed by atoms with Gasteiger partial charge in [-0.15, -0.1) is 0 Å². The quantitative estimate of drug-likeness (QED) is 0.849. The minimum atomic E-state index is -0.427. The molecule has 3 aliphatic carbocycles. The molecule has 1 amide bonds. The second-order valence-electron chi connectivity index (χ2n) is 7.11. The third kappa shape index (κ3) is 2.69. The van der Waals surface area contributed by atoms with E-state index in [-0.39, 0.29) is 5.91 Å². The lowest BCUT2D eigenvalue weighted by Crippen LogP contribution is -2.44. The van der Waals surface area contributed by atoms with Gasteiger partial charge in [0.15, 0.2) is 5.82 Å². The highest BCUT2D eigenvalue weighted by atomic mass is 16.5. The fourth-order valence-corrected chi connectivity index (χ4v) is 3.70. The Balaban J connectivity index is 1.54. The summed E-state index contributed by atoms with van der Waals surface area (Å²) in [6, 6.07) is 0. The van der Waals surface area contributed by atoms with Crippen molar-refractivity contribution >= 4 is 5.91 Å². The molecule has 0 atom stereocenters. The number of nitrogens with one attached hydrogen (secondary N) is 1. The van der Waals surface area contributed by atoms with Crippen molar-refractivity contribution in [3.05, 3.63) is 23.4 Å². The lowest BCUT2D eigenvalue weighted by atomic mass is 9.96. The summed E-state index contributed by atoms with van der Waals surface area (Å²) in [6.45, 7) is 1.79. The minimum absolute atomic E-state index is 0.0261. The van der Waals surface area contributed by atoms with Crippen molar-refractivity contribution in [1.82, 2.24) is 15.5 Å². The van der Waals surface area contributed by atoms with Crippen LogP contribution in [0.15, 0.2) is 16.2 Å². The van der Waals surface area contributed by atoms with Gasteiger partial charge in [-0.05, 0) is 50.4 Å². The zero-order chi connectivity index (χ0) is 15.2. The molecule has 3 aliphatic rings. The normalized spacial score (nSPS) is 23.3. The molecule has 1 aromatic heterocycles. The Morgan fingerprint density at radius 2 is 1.86 bits per heavy atom. The molecule has 3 saturated carbocycles. The number of hydrogen-bond acceptors (Lipinski definition) is 4. The van der Waals surface area contributed by atoms with Crippen molar-refractivity contribution in [1.29, 1.82) is 0 Å². The van der Waals surface area contributed by atoms with Crippen LogP contribution in [-0.2, 0) is 10.3 Å². The molecular weight excluding hydrogens is 278 g/mol. The smallest absolute Gasteiger partial charge is 0.244 e. The van der Waals surface area contributed by atoms with Gasteiger partial charge in [-0.25, -0.2) is 0 Å². The molecule has 0 radical (unpaired) electrons. The molecule has 1 heterocycles. The van der Waals surface area contributed by atoms with Crippen LogP contribution in [0.1, 0.15) is 63.1 Å². The van der Waals surface area contributed by atoms with E-state index in [0.29, 0.717) is 23.6 Å². The summed E-state index contributed by atoms with van der Waals surface area (Å²) in [6.07, 6.45) is 10.9. The van der Waals surface area contributed by atoms with Crippen molar-refractivity contribution < 1.29 is 9.32 Å². The monoisotopic (exact) mass is 301 g/mol. The molecule has 3 fully saturated rings. The van der Waals surface area contributed by atoms with Crippen molar-refractivity contribution in [2.24, 2.45) is 11.8 Å². The molecule has 5 heteroatoms. The van der Waals surface area contributed by atoms with Gasteiger partial charge in [-0.1, -0.05) is 23.6 Å². The maximum atomic E-state index is 12.6. The Bertz CT molecular complexity index is 591. The second kappa shape index (κ2) is 5.21. The summed E-state index contributed by atoms with van der Waals surface area (Å²) in [4.78, 5) is 17.0. The molecule has 118 valence electrons. The summed E-state index contributed by atoms with van der Waals surface area (Å²) < 4.78 is 5.13. The van der Waals surface area contributed by atoms with Crippen LogP contribution in [0, 0.1) is 18.8 Å². The first-order valence-corrected chi connectivity index (χ1v) is 8.51. The summed E-state index contributed by atoms with van der Waals surface area (Å²) in [5.41, 5.74) is 0.957. The van der Waals surface area contributed by atoms with Crippen molar-refractivity contribution in [3.8, 4) is 0 Å². The standard InChI is InChI=1S/C17H23N3O2/c1-11-18-16(20-22-11)17(8-2-3-9-17)19-15(21)10-14(12-4-5-12)13-6-7-13/h10,12-13H,2-9H2,1H3,(H,19,21). The summed E-state index contributed by atoms with van der Waals surface area (Å²) in [5, 5.41) is 7.29. The first-order chi connectivity index (χ1) is 10.7. The number of aromatic nitrogens is 2. The van der Waals surface area contributed by atoms with Crippen LogP contribution in [0.3, 0.4) is 0 Å². The Morgan fingerprint density at radius 3 is 2.36 bits per heavy atom. The van der Waals surface area contributed by atoms with E-state index >= 15 is 0 Å². The Labute approximate surface area is 130 Å². The third-order valence-electron chi connectivity index (χ3n) is 5.17. The van der Waals surface area contributed by atoms with E-state index in [2.05, 4.69) is 15.5 Å². The van der Waals surface area contributed by atoms with Gasteiger partial charge in [0, 0.05) is 13.0 Å². The Kier molecular flexibility index (Phi) is 3.31. The van der Waals surface area contributed by atoms with Gasteiger partial charge in [0.05, 0.1) is 0 Å². The van der Waals surface area contributed by atoms with E-state index in [0.717, 1.165) is 25.7 Å². The summed E-state index contributed by atoms with van der Waals surface area (Å²) in [5.74, 6) is 2.57. The first kappa shape index (κ1) is 14.0. The fraction of sp³-hybridized carbons (Fsp3) is 0.706. The molecule has 0 bridgehead atoms. The molecule has 0 unspecified atom stereocenters. The maximum Gasteiger partial charge on any atom is 0.244 e. The number of hydrogen-bond donors (Lipinski definition) is 1. The SMILES string of the molecule is Cc1nc(C2(NC(=O)C=C(C3CC3)C3CC3)CCCC2)no1. The lowest BCUT2D eigenvalue weighted by Gasteiger charge is -2.26. The fourth-order valence-electron chi connectivity index (χ4n) is 3.70. The van der Waals surface area contributed by atoms with E-state index in [1.165, 1.54) is 31.3 Å². The van der Waals surface area contributed by atoms with Crippen LogP contribution in [0.2, 0.25) is 0 Å². The maximum absolute atomic E-state index is 12.6. The molecule has 1 N–H and O–H groups in total. The van der Waals surface area contributed by atoms with Gasteiger partial charge in [0.2, 0.25) is 11.8 Å². The van der Waals surface area contributed by atoms with Crippen LogP contribution in [0.25, 0.3) is 0 Å². The number of nitrogens with zero attached hydrogens (tertiary/aromatic N) is 2. The van der Waals surface area contributed by atoms with Gasteiger partial charge < -0.3 is 9.84 Å². The molecule has 4 rings (SSSR count). The number of aryl methyl sites for hydroxylation is 1. The molecule has 0 aliphatic heterocycles. The van der Waals surface area contributed by atoms with Crippen LogP contribution >= 0.6 is 0 Å². The van der Waals surface area contributed by atoms with E-state index in [1.54, 1.807) is 6.92 Å². The first-order valence-electron chi connectivity index (χ1n) is 8.51. The van der Waals surface area contributed by atoms with Crippen molar-refractivity contribution in [2.75, 3.05) is 0 Å². The number of allylic oxidation sites excluding steroid dienone is 1. The Hall–Kier alpha value is -1.65. The largest absolute Gasteiger partial charge is 0.340 e. The highest BCUT2D eigenvalue weighted by Crippen LogP contribution is 2.48. The summed E-state index contributed by atoms with van der Waals surface area (Å²) in [7, 11) is 0. The van der Waals surface area contributed by atoms with Crippen LogP contribution in [0.4, 0.5) is 0 Å². The summed E-state index contributed by atoms with van der Waals surface area (Å²) >= 11 is 0. The molecule has 1 aromatic rings. The number of carbonyl (C=O) groups excluding carboxylic acids is 1.